The van der Waals surface area contributed by atoms with Crippen LogP contribution in [0.2, 0.25) is 0 Å². The predicted octanol–water partition coefficient (Wildman–Crippen LogP) is 4.55. The molecule has 1 heterocycles. The Kier molecular flexibility index (Phi) is 6.08. The number of nitrogens with one attached hydrogen (secondary N) is 2. The molecule has 0 aliphatic heterocycles. The maximum atomic E-state index is 11.9. The third-order valence-electron chi connectivity index (χ3n) is 4.59. The van der Waals surface area contributed by atoms with Crippen LogP contribution in [0.25, 0.3) is 11.1 Å². The first kappa shape index (κ1) is 20.7. The summed E-state index contributed by atoms with van der Waals surface area (Å²) in [6.07, 6.45) is 1.04. The van der Waals surface area contributed by atoms with Gasteiger partial charge in [-0.15, -0.1) is 0 Å². The average molecular weight is 396 g/mol. The van der Waals surface area contributed by atoms with Gasteiger partial charge in [0, 0.05) is 18.2 Å². The molecule has 0 aliphatic rings. The van der Waals surface area contributed by atoms with E-state index in [1.165, 1.54) is 5.56 Å². The quantitative estimate of drug-likeness (QED) is 0.541. The Labute approximate surface area is 170 Å². The van der Waals surface area contributed by atoms with Gasteiger partial charge >= 0.3 is 0 Å². The summed E-state index contributed by atoms with van der Waals surface area (Å²) in [5.74, 6) is 0.492. The van der Waals surface area contributed by atoms with Crippen molar-refractivity contribution in [1.29, 1.82) is 0 Å². The van der Waals surface area contributed by atoms with Crippen molar-refractivity contribution in [3.05, 3.63) is 42.0 Å². The van der Waals surface area contributed by atoms with Crippen LogP contribution in [0, 0.1) is 0 Å². The van der Waals surface area contributed by atoms with E-state index in [1.807, 2.05) is 18.2 Å². The van der Waals surface area contributed by atoms with E-state index >= 15 is 0 Å². The minimum atomic E-state index is -0.0770. The number of rotatable bonds is 7. The Morgan fingerprint density at radius 2 is 2.00 bits per heavy atom. The summed E-state index contributed by atoms with van der Waals surface area (Å²) in [7, 11) is 1.57. The van der Waals surface area contributed by atoms with Gasteiger partial charge < -0.3 is 25.5 Å². The Balaban J connectivity index is 1.79. The maximum Gasteiger partial charge on any atom is 0.300 e. The van der Waals surface area contributed by atoms with Gasteiger partial charge in [0.25, 0.3) is 6.01 Å². The first-order valence-electron chi connectivity index (χ1n) is 9.66. The van der Waals surface area contributed by atoms with Crippen LogP contribution in [0.3, 0.4) is 0 Å². The average Bonchev–Trinajstić information content (AvgIpc) is 3.08. The number of nitrogens with two attached hydrogens (primary N) is 1. The number of amides is 1. The fraction of sp³-hybridized carbons (Fsp3) is 0.364. The molecule has 0 radical (unpaired) electrons. The Morgan fingerprint density at radius 1 is 1.21 bits per heavy atom. The molecule has 1 amide bonds. The van der Waals surface area contributed by atoms with E-state index in [-0.39, 0.29) is 11.3 Å². The van der Waals surface area contributed by atoms with Gasteiger partial charge in [-0.1, -0.05) is 26.8 Å². The summed E-state index contributed by atoms with van der Waals surface area (Å²) in [6, 6.07) is 11.8. The predicted molar refractivity (Wildman–Crippen MR) is 116 cm³/mol. The van der Waals surface area contributed by atoms with Crippen LogP contribution in [0.15, 0.2) is 40.8 Å². The van der Waals surface area contributed by atoms with Crippen molar-refractivity contribution in [2.24, 2.45) is 5.73 Å². The number of hydrogen-bond acceptors (Lipinski definition) is 6. The van der Waals surface area contributed by atoms with E-state index < -0.39 is 0 Å². The molecule has 3 aromatic rings. The van der Waals surface area contributed by atoms with Gasteiger partial charge in [-0.25, -0.2) is 0 Å². The third-order valence-corrected chi connectivity index (χ3v) is 4.59. The molecule has 3 rings (SSSR count). The third kappa shape index (κ3) is 5.06. The first-order valence-corrected chi connectivity index (χ1v) is 9.66. The van der Waals surface area contributed by atoms with Crippen molar-refractivity contribution in [3.8, 4) is 5.75 Å². The number of oxazole rings is 1. The molecule has 0 spiro atoms. The minimum absolute atomic E-state index is 0.0361. The Hall–Kier alpha value is -3.06. The number of methoxy groups -OCH3 is 1. The molecule has 0 saturated heterocycles. The van der Waals surface area contributed by atoms with Crippen molar-refractivity contribution < 1.29 is 13.9 Å². The summed E-state index contributed by atoms with van der Waals surface area (Å²) >= 11 is 0. The molecule has 0 unspecified atom stereocenters. The van der Waals surface area contributed by atoms with Gasteiger partial charge in [0.15, 0.2) is 5.58 Å². The van der Waals surface area contributed by atoms with Crippen molar-refractivity contribution in [3.63, 3.8) is 0 Å². The van der Waals surface area contributed by atoms with E-state index in [4.69, 9.17) is 14.9 Å². The number of anilines is 3. The van der Waals surface area contributed by atoms with Crippen molar-refractivity contribution in [2.75, 3.05) is 24.3 Å². The highest BCUT2D eigenvalue weighted by Crippen LogP contribution is 2.32. The standard InChI is InChI=1S/C22H28N4O3/c1-22(2,3)14-7-10-18-17(12-14)26-21(29-18)25-16-9-8-15(13-19(16)28-4)24-20(27)6-5-11-23/h7-10,12-13H,5-6,11,23H2,1-4H3,(H,24,27)(H,25,26). The lowest BCUT2D eigenvalue weighted by Crippen LogP contribution is -2.13. The molecule has 0 saturated carbocycles. The highest BCUT2D eigenvalue weighted by molar-refractivity contribution is 5.91. The fourth-order valence-corrected chi connectivity index (χ4v) is 2.92. The zero-order valence-corrected chi connectivity index (χ0v) is 17.3. The lowest BCUT2D eigenvalue weighted by molar-refractivity contribution is -0.116. The summed E-state index contributed by atoms with van der Waals surface area (Å²) in [5.41, 5.74) is 9.52. The van der Waals surface area contributed by atoms with Crippen LogP contribution in [0.5, 0.6) is 5.75 Å². The lowest BCUT2D eigenvalue weighted by atomic mass is 9.87. The van der Waals surface area contributed by atoms with Crippen molar-refractivity contribution in [1.82, 2.24) is 4.98 Å². The molecular weight excluding hydrogens is 368 g/mol. The Bertz CT molecular complexity index is 1000. The molecular formula is C22H28N4O3. The van der Waals surface area contributed by atoms with Crippen LogP contribution in [0.1, 0.15) is 39.2 Å². The van der Waals surface area contributed by atoms with Crippen LogP contribution < -0.4 is 21.1 Å². The fourth-order valence-electron chi connectivity index (χ4n) is 2.92. The molecule has 0 fully saturated rings. The van der Waals surface area contributed by atoms with Crippen LogP contribution >= 0.6 is 0 Å². The molecule has 2 aromatic carbocycles. The number of aromatic nitrogens is 1. The van der Waals surface area contributed by atoms with E-state index in [0.29, 0.717) is 48.1 Å². The molecule has 154 valence electrons. The highest BCUT2D eigenvalue weighted by atomic mass is 16.5. The molecule has 0 atom stereocenters. The second-order valence-corrected chi connectivity index (χ2v) is 7.93. The minimum Gasteiger partial charge on any atom is -0.494 e. The highest BCUT2D eigenvalue weighted by Gasteiger charge is 2.16. The molecule has 0 bridgehead atoms. The van der Waals surface area contributed by atoms with Crippen molar-refractivity contribution in [2.45, 2.75) is 39.0 Å². The van der Waals surface area contributed by atoms with Gasteiger partial charge in [-0.3, -0.25) is 4.79 Å². The van der Waals surface area contributed by atoms with E-state index in [2.05, 4.69) is 42.5 Å². The van der Waals surface area contributed by atoms with Gasteiger partial charge in [-0.2, -0.15) is 4.98 Å². The van der Waals surface area contributed by atoms with Crippen molar-refractivity contribution >= 4 is 34.4 Å². The van der Waals surface area contributed by atoms with Gasteiger partial charge in [0.2, 0.25) is 5.91 Å². The summed E-state index contributed by atoms with van der Waals surface area (Å²) in [4.78, 5) is 16.4. The monoisotopic (exact) mass is 396 g/mol. The summed E-state index contributed by atoms with van der Waals surface area (Å²) in [6.45, 7) is 6.97. The van der Waals surface area contributed by atoms with E-state index in [1.54, 1.807) is 19.2 Å². The SMILES string of the molecule is COc1cc(NC(=O)CCCN)ccc1Nc1nc2cc(C(C)(C)C)ccc2o1. The van der Waals surface area contributed by atoms with E-state index in [0.717, 1.165) is 5.52 Å². The molecule has 4 N–H and O–H groups in total. The zero-order chi connectivity index (χ0) is 21.0. The number of fused-ring (bicyclic) bond motifs is 1. The van der Waals surface area contributed by atoms with Gasteiger partial charge in [0.05, 0.1) is 12.8 Å². The van der Waals surface area contributed by atoms with Crippen LogP contribution in [-0.4, -0.2) is 24.5 Å². The second-order valence-electron chi connectivity index (χ2n) is 7.93. The first-order chi connectivity index (χ1) is 13.8. The molecule has 1 aromatic heterocycles. The van der Waals surface area contributed by atoms with E-state index in [9.17, 15) is 4.79 Å². The maximum absolute atomic E-state index is 11.9. The number of carbonyl (C=O) groups is 1. The van der Waals surface area contributed by atoms with Gasteiger partial charge in [0.1, 0.15) is 11.3 Å². The second kappa shape index (κ2) is 8.53. The van der Waals surface area contributed by atoms with Crippen LogP contribution in [-0.2, 0) is 10.2 Å². The molecule has 7 nitrogen and oxygen atoms in total. The number of benzene rings is 2. The lowest BCUT2D eigenvalue weighted by Gasteiger charge is -2.18. The summed E-state index contributed by atoms with van der Waals surface area (Å²) < 4.78 is 11.3. The smallest absolute Gasteiger partial charge is 0.300 e. The molecule has 29 heavy (non-hydrogen) atoms. The largest absolute Gasteiger partial charge is 0.494 e. The topological polar surface area (TPSA) is 102 Å². The van der Waals surface area contributed by atoms with Crippen LogP contribution in [0.4, 0.5) is 17.4 Å². The number of ether oxygens (including phenoxy) is 1. The Morgan fingerprint density at radius 3 is 2.69 bits per heavy atom. The molecule has 0 aliphatic carbocycles. The number of nitrogens with zero attached hydrogens (tertiary/aromatic N) is 1. The van der Waals surface area contributed by atoms with Gasteiger partial charge in [-0.05, 0) is 48.2 Å². The number of carbonyl (C=O) groups excluding carboxylic acids is 1. The zero-order valence-electron chi connectivity index (χ0n) is 17.3. The summed E-state index contributed by atoms with van der Waals surface area (Å²) in [5, 5.41) is 6.00. The normalized spacial score (nSPS) is 11.5. The number of hydrogen-bond donors (Lipinski definition) is 3. The molecule has 7 heteroatoms.